The van der Waals surface area contributed by atoms with Crippen LogP contribution in [0.25, 0.3) is 0 Å². The molecule has 0 saturated carbocycles. The SMILES string of the molecule is CC(CO)C(C)NC(=O)Nc1ccccc1. The first-order valence-electron chi connectivity index (χ1n) is 5.37. The van der Waals surface area contributed by atoms with E-state index in [1.807, 2.05) is 44.2 Å². The van der Waals surface area contributed by atoms with E-state index in [1.54, 1.807) is 0 Å². The quantitative estimate of drug-likeness (QED) is 0.727. The molecule has 1 aromatic carbocycles. The van der Waals surface area contributed by atoms with E-state index in [9.17, 15) is 4.79 Å². The number of hydrogen-bond donors (Lipinski definition) is 3. The highest BCUT2D eigenvalue weighted by molar-refractivity contribution is 5.89. The van der Waals surface area contributed by atoms with Gasteiger partial charge in [-0.25, -0.2) is 4.79 Å². The Kier molecular flexibility index (Phi) is 4.79. The van der Waals surface area contributed by atoms with Crippen molar-refractivity contribution in [2.24, 2.45) is 5.92 Å². The highest BCUT2D eigenvalue weighted by Gasteiger charge is 2.13. The lowest BCUT2D eigenvalue weighted by Crippen LogP contribution is -2.40. The average molecular weight is 222 g/mol. The standard InChI is InChI=1S/C12H18N2O2/c1-9(8-15)10(2)13-12(16)14-11-6-4-3-5-7-11/h3-7,9-10,15H,8H2,1-2H3,(H2,13,14,16). The molecule has 3 N–H and O–H groups in total. The van der Waals surface area contributed by atoms with Crippen LogP contribution in [-0.2, 0) is 0 Å². The number of anilines is 1. The number of para-hydroxylation sites is 1. The minimum absolute atomic E-state index is 0.0431. The first kappa shape index (κ1) is 12.5. The molecule has 4 nitrogen and oxygen atoms in total. The lowest BCUT2D eigenvalue weighted by atomic mass is 10.1. The summed E-state index contributed by atoms with van der Waals surface area (Å²) in [5.74, 6) is 0.0431. The second-order valence-corrected chi connectivity index (χ2v) is 3.91. The third-order valence-corrected chi connectivity index (χ3v) is 2.53. The highest BCUT2D eigenvalue weighted by atomic mass is 16.3. The molecule has 0 saturated heterocycles. The molecule has 16 heavy (non-hydrogen) atoms. The van der Waals surface area contributed by atoms with E-state index >= 15 is 0 Å². The first-order chi connectivity index (χ1) is 7.63. The van der Waals surface area contributed by atoms with E-state index in [0.29, 0.717) is 0 Å². The molecule has 88 valence electrons. The number of aliphatic hydroxyl groups is 1. The third kappa shape index (κ3) is 3.90. The van der Waals surface area contributed by atoms with Crippen LogP contribution in [0.4, 0.5) is 10.5 Å². The molecule has 0 spiro atoms. The summed E-state index contributed by atoms with van der Waals surface area (Å²) in [6.07, 6.45) is 0. The molecule has 2 unspecified atom stereocenters. The van der Waals surface area contributed by atoms with Crippen LogP contribution in [0.3, 0.4) is 0 Å². The van der Waals surface area contributed by atoms with Crippen LogP contribution in [0.5, 0.6) is 0 Å². The second kappa shape index (κ2) is 6.12. The summed E-state index contributed by atoms with van der Waals surface area (Å²) in [6, 6.07) is 8.93. The highest BCUT2D eigenvalue weighted by Crippen LogP contribution is 2.05. The predicted octanol–water partition coefficient (Wildman–Crippen LogP) is 1.82. The Morgan fingerprint density at radius 3 is 2.50 bits per heavy atom. The number of amides is 2. The van der Waals surface area contributed by atoms with Crippen LogP contribution in [0, 0.1) is 5.92 Å². The number of aliphatic hydroxyl groups excluding tert-OH is 1. The zero-order valence-corrected chi connectivity index (χ0v) is 9.60. The zero-order chi connectivity index (χ0) is 12.0. The van der Waals surface area contributed by atoms with Gasteiger partial charge in [0.05, 0.1) is 0 Å². The summed E-state index contributed by atoms with van der Waals surface area (Å²) in [4.78, 5) is 11.5. The van der Waals surface area contributed by atoms with E-state index in [0.717, 1.165) is 5.69 Å². The van der Waals surface area contributed by atoms with Gasteiger partial charge < -0.3 is 15.7 Å². The van der Waals surface area contributed by atoms with Crippen LogP contribution in [-0.4, -0.2) is 23.8 Å². The van der Waals surface area contributed by atoms with Crippen molar-refractivity contribution in [3.63, 3.8) is 0 Å². The van der Waals surface area contributed by atoms with Gasteiger partial charge in [-0.2, -0.15) is 0 Å². The monoisotopic (exact) mass is 222 g/mol. The zero-order valence-electron chi connectivity index (χ0n) is 9.60. The summed E-state index contributed by atoms with van der Waals surface area (Å²) < 4.78 is 0. The van der Waals surface area contributed by atoms with Gasteiger partial charge in [0, 0.05) is 18.3 Å². The van der Waals surface area contributed by atoms with Crippen LogP contribution in [0.1, 0.15) is 13.8 Å². The Bertz CT molecular complexity index is 327. The van der Waals surface area contributed by atoms with Crippen molar-refractivity contribution in [2.45, 2.75) is 19.9 Å². The Labute approximate surface area is 95.7 Å². The maximum Gasteiger partial charge on any atom is 0.319 e. The molecule has 0 heterocycles. The van der Waals surface area contributed by atoms with Crippen molar-refractivity contribution in [3.05, 3.63) is 30.3 Å². The van der Waals surface area contributed by atoms with Gasteiger partial charge in [-0.05, 0) is 25.0 Å². The number of hydrogen-bond acceptors (Lipinski definition) is 2. The molecular formula is C12H18N2O2. The van der Waals surface area contributed by atoms with Crippen molar-refractivity contribution in [2.75, 3.05) is 11.9 Å². The largest absolute Gasteiger partial charge is 0.396 e. The molecule has 0 bridgehead atoms. The number of rotatable bonds is 4. The fourth-order valence-corrected chi connectivity index (χ4v) is 1.20. The van der Waals surface area contributed by atoms with Crippen molar-refractivity contribution in [1.82, 2.24) is 5.32 Å². The fourth-order valence-electron chi connectivity index (χ4n) is 1.20. The molecule has 1 rings (SSSR count). The minimum atomic E-state index is -0.251. The molecule has 0 aliphatic carbocycles. The number of benzene rings is 1. The molecule has 1 aromatic rings. The Morgan fingerprint density at radius 2 is 1.94 bits per heavy atom. The summed E-state index contributed by atoms with van der Waals surface area (Å²) in [6.45, 7) is 3.81. The number of nitrogens with one attached hydrogen (secondary N) is 2. The van der Waals surface area contributed by atoms with Gasteiger partial charge in [0.15, 0.2) is 0 Å². The Morgan fingerprint density at radius 1 is 1.31 bits per heavy atom. The smallest absolute Gasteiger partial charge is 0.319 e. The van der Waals surface area contributed by atoms with Crippen LogP contribution in [0.15, 0.2) is 30.3 Å². The topological polar surface area (TPSA) is 61.4 Å². The molecule has 0 aliphatic rings. The van der Waals surface area contributed by atoms with Gasteiger partial charge in [-0.15, -0.1) is 0 Å². The van der Waals surface area contributed by atoms with Crippen LogP contribution >= 0.6 is 0 Å². The summed E-state index contributed by atoms with van der Waals surface area (Å²) in [5, 5.41) is 14.4. The lowest BCUT2D eigenvalue weighted by Gasteiger charge is -2.19. The van der Waals surface area contributed by atoms with Gasteiger partial charge in [0.1, 0.15) is 0 Å². The van der Waals surface area contributed by atoms with Crippen molar-refractivity contribution in [3.8, 4) is 0 Å². The molecule has 4 heteroatoms. The molecule has 0 fully saturated rings. The van der Waals surface area contributed by atoms with Gasteiger partial charge in [-0.3, -0.25) is 0 Å². The number of carbonyl (C=O) groups excluding carboxylic acids is 1. The average Bonchev–Trinajstić information content (AvgIpc) is 2.29. The van der Waals surface area contributed by atoms with Crippen molar-refractivity contribution in [1.29, 1.82) is 0 Å². The van der Waals surface area contributed by atoms with E-state index in [1.165, 1.54) is 0 Å². The molecule has 0 aliphatic heterocycles. The van der Waals surface area contributed by atoms with Gasteiger partial charge in [0.25, 0.3) is 0 Å². The summed E-state index contributed by atoms with van der Waals surface area (Å²) >= 11 is 0. The molecule has 2 amide bonds. The normalized spacial score (nSPS) is 13.9. The molecular weight excluding hydrogens is 204 g/mol. The van der Waals surface area contributed by atoms with Gasteiger partial charge in [-0.1, -0.05) is 25.1 Å². The Balaban J connectivity index is 2.42. The van der Waals surface area contributed by atoms with E-state index < -0.39 is 0 Å². The summed E-state index contributed by atoms with van der Waals surface area (Å²) in [5.41, 5.74) is 0.754. The maximum absolute atomic E-state index is 11.5. The Hall–Kier alpha value is -1.55. The lowest BCUT2D eigenvalue weighted by molar-refractivity contribution is 0.204. The van der Waals surface area contributed by atoms with Crippen LogP contribution < -0.4 is 10.6 Å². The molecule has 0 radical (unpaired) electrons. The van der Waals surface area contributed by atoms with E-state index in [-0.39, 0.29) is 24.6 Å². The van der Waals surface area contributed by atoms with Gasteiger partial charge >= 0.3 is 6.03 Å². The van der Waals surface area contributed by atoms with Crippen molar-refractivity contribution >= 4 is 11.7 Å². The number of carbonyl (C=O) groups is 1. The third-order valence-electron chi connectivity index (χ3n) is 2.53. The molecule has 0 aromatic heterocycles. The van der Waals surface area contributed by atoms with Crippen LogP contribution in [0.2, 0.25) is 0 Å². The van der Waals surface area contributed by atoms with Gasteiger partial charge in [0.2, 0.25) is 0 Å². The van der Waals surface area contributed by atoms with E-state index in [4.69, 9.17) is 5.11 Å². The first-order valence-corrected chi connectivity index (χ1v) is 5.37. The van der Waals surface area contributed by atoms with E-state index in [2.05, 4.69) is 10.6 Å². The maximum atomic E-state index is 11.5. The minimum Gasteiger partial charge on any atom is -0.396 e. The second-order valence-electron chi connectivity index (χ2n) is 3.91. The molecule has 2 atom stereocenters. The fraction of sp³-hybridized carbons (Fsp3) is 0.417. The van der Waals surface area contributed by atoms with Crippen molar-refractivity contribution < 1.29 is 9.90 Å². The predicted molar refractivity (Wildman–Crippen MR) is 64.3 cm³/mol. The number of urea groups is 1. The summed E-state index contributed by atoms with van der Waals surface area (Å²) in [7, 11) is 0.